The summed E-state index contributed by atoms with van der Waals surface area (Å²) in [6, 6.07) is 5.52. The van der Waals surface area contributed by atoms with Gasteiger partial charge in [-0.25, -0.2) is 0 Å². The largest absolute Gasteiger partial charge is 0.479 e. The number of rotatable bonds is 5. The zero-order chi connectivity index (χ0) is 18.1. The zero-order valence-electron chi connectivity index (χ0n) is 15.1. The molecule has 0 radical (unpaired) electrons. The monoisotopic (exact) mass is 359 g/mol. The molecule has 26 heavy (non-hydrogen) atoms. The Morgan fingerprint density at radius 1 is 1.23 bits per heavy atom. The number of amides is 2. The van der Waals surface area contributed by atoms with Crippen molar-refractivity contribution in [3.05, 3.63) is 18.2 Å². The Morgan fingerprint density at radius 3 is 2.73 bits per heavy atom. The molecule has 4 rings (SSSR count). The van der Waals surface area contributed by atoms with Gasteiger partial charge in [0.15, 0.2) is 6.10 Å². The summed E-state index contributed by atoms with van der Waals surface area (Å²) >= 11 is 0. The summed E-state index contributed by atoms with van der Waals surface area (Å²) in [6.45, 7) is 6.47. The predicted octanol–water partition coefficient (Wildman–Crippen LogP) is 1.48. The molecule has 1 unspecified atom stereocenters. The number of hydrogen-bond donors (Lipinski definition) is 1. The zero-order valence-corrected chi connectivity index (χ0v) is 15.1. The van der Waals surface area contributed by atoms with Crippen LogP contribution in [0, 0.1) is 5.92 Å². The van der Waals surface area contributed by atoms with Crippen molar-refractivity contribution in [2.45, 2.75) is 25.9 Å². The molecule has 2 amide bonds. The van der Waals surface area contributed by atoms with Crippen LogP contribution in [0.25, 0.3) is 0 Å². The molecule has 2 fully saturated rings. The Kier molecular flexibility index (Phi) is 4.82. The summed E-state index contributed by atoms with van der Waals surface area (Å²) in [5, 5.41) is 2.93. The SMILES string of the molecule is CC1Oc2cc(NC(=O)C3CC3)ccc2N(CCN2CCOCC2)C1=O. The van der Waals surface area contributed by atoms with Crippen molar-refractivity contribution in [2.24, 2.45) is 5.92 Å². The number of morpholine rings is 1. The summed E-state index contributed by atoms with van der Waals surface area (Å²) in [5.41, 5.74) is 1.49. The third-order valence-corrected chi connectivity index (χ3v) is 5.13. The van der Waals surface area contributed by atoms with Crippen LogP contribution in [0.3, 0.4) is 0 Å². The van der Waals surface area contributed by atoms with Crippen LogP contribution < -0.4 is 15.0 Å². The predicted molar refractivity (Wildman–Crippen MR) is 97.5 cm³/mol. The van der Waals surface area contributed by atoms with Crippen molar-refractivity contribution in [1.29, 1.82) is 0 Å². The van der Waals surface area contributed by atoms with Gasteiger partial charge in [-0.1, -0.05) is 0 Å². The molecule has 1 saturated carbocycles. The molecule has 1 aliphatic carbocycles. The van der Waals surface area contributed by atoms with Gasteiger partial charge in [0.1, 0.15) is 5.75 Å². The minimum Gasteiger partial charge on any atom is -0.479 e. The first kappa shape index (κ1) is 17.3. The van der Waals surface area contributed by atoms with Gasteiger partial charge in [0.25, 0.3) is 5.91 Å². The summed E-state index contributed by atoms with van der Waals surface area (Å²) in [7, 11) is 0. The number of benzene rings is 1. The first-order chi connectivity index (χ1) is 12.6. The van der Waals surface area contributed by atoms with E-state index in [9.17, 15) is 9.59 Å². The third kappa shape index (κ3) is 3.68. The van der Waals surface area contributed by atoms with Gasteiger partial charge >= 0.3 is 0 Å². The van der Waals surface area contributed by atoms with E-state index in [4.69, 9.17) is 9.47 Å². The lowest BCUT2D eigenvalue weighted by Crippen LogP contribution is -2.48. The van der Waals surface area contributed by atoms with Gasteiger partial charge in [0, 0.05) is 43.9 Å². The van der Waals surface area contributed by atoms with Crippen molar-refractivity contribution in [1.82, 2.24) is 4.90 Å². The average Bonchev–Trinajstić information content (AvgIpc) is 3.48. The summed E-state index contributed by atoms with van der Waals surface area (Å²) < 4.78 is 11.2. The summed E-state index contributed by atoms with van der Waals surface area (Å²) in [6.07, 6.45) is 1.41. The normalized spacial score (nSPS) is 23.3. The Hall–Kier alpha value is -2.12. The van der Waals surface area contributed by atoms with Crippen molar-refractivity contribution >= 4 is 23.2 Å². The molecule has 0 bridgehead atoms. The number of carbonyl (C=O) groups is 2. The van der Waals surface area contributed by atoms with Crippen LogP contribution in [-0.4, -0.2) is 62.2 Å². The Labute approximate surface area is 153 Å². The van der Waals surface area contributed by atoms with Crippen LogP contribution in [0.5, 0.6) is 5.75 Å². The third-order valence-electron chi connectivity index (χ3n) is 5.13. The number of anilines is 2. The molecule has 3 aliphatic rings. The average molecular weight is 359 g/mol. The number of fused-ring (bicyclic) bond motifs is 1. The van der Waals surface area contributed by atoms with E-state index in [1.165, 1.54) is 0 Å². The topological polar surface area (TPSA) is 71.1 Å². The number of ether oxygens (including phenoxy) is 2. The van der Waals surface area contributed by atoms with Gasteiger partial charge in [-0.15, -0.1) is 0 Å². The molecular formula is C19H25N3O4. The number of nitrogens with one attached hydrogen (secondary N) is 1. The molecule has 0 spiro atoms. The van der Waals surface area contributed by atoms with E-state index in [0.717, 1.165) is 57.1 Å². The lowest BCUT2D eigenvalue weighted by molar-refractivity contribution is -0.125. The summed E-state index contributed by atoms with van der Waals surface area (Å²) in [4.78, 5) is 28.7. The fraction of sp³-hybridized carbons (Fsp3) is 0.579. The molecule has 140 valence electrons. The first-order valence-corrected chi connectivity index (χ1v) is 9.35. The van der Waals surface area contributed by atoms with Crippen LogP contribution in [0.2, 0.25) is 0 Å². The molecule has 7 heteroatoms. The standard InChI is InChI=1S/C19H25N3O4/c1-13-19(24)22(7-6-21-8-10-25-11-9-21)16-5-4-15(12-17(16)26-13)20-18(23)14-2-3-14/h4-5,12-14H,2-3,6-11H2,1H3,(H,20,23). The molecule has 1 N–H and O–H groups in total. The smallest absolute Gasteiger partial charge is 0.267 e. The maximum absolute atomic E-state index is 12.6. The van der Waals surface area contributed by atoms with Gasteiger partial charge < -0.3 is 19.7 Å². The second-order valence-corrected chi connectivity index (χ2v) is 7.15. The van der Waals surface area contributed by atoms with E-state index in [2.05, 4.69) is 10.2 Å². The van der Waals surface area contributed by atoms with Crippen LogP contribution >= 0.6 is 0 Å². The Morgan fingerprint density at radius 2 is 2.00 bits per heavy atom. The van der Waals surface area contributed by atoms with Crippen LogP contribution in [0.15, 0.2) is 18.2 Å². The van der Waals surface area contributed by atoms with Crippen LogP contribution in [0.4, 0.5) is 11.4 Å². The van der Waals surface area contributed by atoms with Gasteiger partial charge in [0.2, 0.25) is 5.91 Å². The van der Waals surface area contributed by atoms with Gasteiger partial charge in [-0.3, -0.25) is 14.5 Å². The molecule has 1 aromatic carbocycles. The van der Waals surface area contributed by atoms with E-state index in [0.29, 0.717) is 12.3 Å². The number of carbonyl (C=O) groups excluding carboxylic acids is 2. The van der Waals surface area contributed by atoms with E-state index >= 15 is 0 Å². The minimum absolute atomic E-state index is 0.0273. The molecule has 7 nitrogen and oxygen atoms in total. The highest BCUT2D eigenvalue weighted by molar-refractivity contribution is 6.01. The molecule has 2 heterocycles. The molecule has 2 aliphatic heterocycles. The molecular weight excluding hydrogens is 334 g/mol. The fourth-order valence-electron chi connectivity index (χ4n) is 3.37. The fourth-order valence-corrected chi connectivity index (χ4v) is 3.37. The highest BCUT2D eigenvalue weighted by Gasteiger charge is 2.33. The maximum Gasteiger partial charge on any atom is 0.267 e. The number of nitrogens with zero attached hydrogens (tertiary/aromatic N) is 2. The highest BCUT2D eigenvalue weighted by Crippen LogP contribution is 2.37. The van der Waals surface area contributed by atoms with Gasteiger partial charge in [0.05, 0.1) is 18.9 Å². The van der Waals surface area contributed by atoms with Crippen molar-refractivity contribution < 1.29 is 19.1 Å². The second-order valence-electron chi connectivity index (χ2n) is 7.15. The van der Waals surface area contributed by atoms with E-state index in [1.54, 1.807) is 11.8 Å². The van der Waals surface area contributed by atoms with E-state index in [1.807, 2.05) is 18.2 Å². The molecule has 0 aromatic heterocycles. The van der Waals surface area contributed by atoms with Crippen molar-refractivity contribution in [3.8, 4) is 5.75 Å². The second kappa shape index (κ2) is 7.25. The van der Waals surface area contributed by atoms with Crippen LogP contribution in [0.1, 0.15) is 19.8 Å². The van der Waals surface area contributed by atoms with E-state index in [-0.39, 0.29) is 17.7 Å². The Bertz CT molecular complexity index is 698. The molecule has 1 aromatic rings. The van der Waals surface area contributed by atoms with Crippen molar-refractivity contribution in [2.75, 3.05) is 49.6 Å². The quantitative estimate of drug-likeness (QED) is 0.862. The highest BCUT2D eigenvalue weighted by atomic mass is 16.5. The lowest BCUT2D eigenvalue weighted by atomic mass is 10.1. The maximum atomic E-state index is 12.6. The van der Waals surface area contributed by atoms with Crippen molar-refractivity contribution in [3.63, 3.8) is 0 Å². The first-order valence-electron chi connectivity index (χ1n) is 9.35. The van der Waals surface area contributed by atoms with Gasteiger partial charge in [-0.05, 0) is 31.9 Å². The lowest BCUT2D eigenvalue weighted by Gasteiger charge is -2.35. The summed E-state index contributed by atoms with van der Waals surface area (Å²) in [5.74, 6) is 0.833. The van der Waals surface area contributed by atoms with Gasteiger partial charge in [-0.2, -0.15) is 0 Å². The molecule has 1 saturated heterocycles. The Balaban J connectivity index is 1.48. The minimum atomic E-state index is -0.526. The molecule has 1 atom stereocenters. The number of hydrogen-bond acceptors (Lipinski definition) is 5. The van der Waals surface area contributed by atoms with E-state index < -0.39 is 6.10 Å². The van der Waals surface area contributed by atoms with Crippen LogP contribution in [-0.2, 0) is 14.3 Å².